The summed E-state index contributed by atoms with van der Waals surface area (Å²) >= 11 is 1.74. The van der Waals surface area contributed by atoms with Gasteiger partial charge in [0.1, 0.15) is 0 Å². The van der Waals surface area contributed by atoms with Gasteiger partial charge in [-0.2, -0.15) is 0 Å². The van der Waals surface area contributed by atoms with E-state index in [2.05, 4.69) is 47.4 Å². The standard InChI is InChI=1S/C14H17N3S/c1-4-9-17-10-11(2)15-14(17)16-12-5-7-13(18-3)8-6-12/h4-8,10H,1,9H2,2-3H3,(H,15,16). The first-order valence-corrected chi connectivity index (χ1v) is 7.01. The van der Waals surface area contributed by atoms with Gasteiger partial charge in [-0.1, -0.05) is 6.08 Å². The predicted molar refractivity (Wildman–Crippen MR) is 78.7 cm³/mol. The zero-order valence-corrected chi connectivity index (χ0v) is 11.5. The lowest BCUT2D eigenvalue weighted by molar-refractivity contribution is 0.832. The molecule has 2 rings (SSSR count). The molecule has 0 aliphatic rings. The quantitative estimate of drug-likeness (QED) is 0.653. The smallest absolute Gasteiger partial charge is 0.207 e. The highest BCUT2D eigenvalue weighted by Gasteiger charge is 2.04. The first-order chi connectivity index (χ1) is 8.72. The third-order valence-electron chi connectivity index (χ3n) is 2.57. The van der Waals surface area contributed by atoms with E-state index < -0.39 is 0 Å². The Morgan fingerprint density at radius 1 is 1.39 bits per heavy atom. The van der Waals surface area contributed by atoms with E-state index >= 15 is 0 Å². The van der Waals surface area contributed by atoms with E-state index in [1.807, 2.05) is 23.8 Å². The minimum absolute atomic E-state index is 0.756. The Hall–Kier alpha value is -1.68. The molecule has 0 atom stereocenters. The molecule has 0 aliphatic heterocycles. The maximum Gasteiger partial charge on any atom is 0.207 e. The molecule has 1 aromatic carbocycles. The lowest BCUT2D eigenvalue weighted by Crippen LogP contribution is -2.01. The number of rotatable bonds is 5. The molecule has 0 saturated heterocycles. The molecule has 0 unspecified atom stereocenters. The number of imidazole rings is 1. The molecule has 0 radical (unpaired) electrons. The van der Waals surface area contributed by atoms with Crippen molar-refractivity contribution in [3.63, 3.8) is 0 Å². The fourth-order valence-corrected chi connectivity index (χ4v) is 2.14. The molecule has 0 spiro atoms. The first-order valence-electron chi connectivity index (χ1n) is 5.78. The van der Waals surface area contributed by atoms with E-state index in [0.29, 0.717) is 0 Å². The summed E-state index contributed by atoms with van der Waals surface area (Å²) in [5.74, 6) is 0.851. The number of nitrogens with one attached hydrogen (secondary N) is 1. The molecule has 1 aromatic heterocycles. The summed E-state index contributed by atoms with van der Waals surface area (Å²) in [5.41, 5.74) is 2.05. The number of aromatic nitrogens is 2. The van der Waals surface area contributed by atoms with E-state index in [0.717, 1.165) is 23.9 Å². The van der Waals surface area contributed by atoms with Crippen molar-refractivity contribution in [1.82, 2.24) is 9.55 Å². The molecule has 94 valence electrons. The number of aryl methyl sites for hydroxylation is 1. The second kappa shape index (κ2) is 5.78. The first kappa shape index (κ1) is 12.8. The van der Waals surface area contributed by atoms with Gasteiger partial charge in [0.15, 0.2) is 0 Å². The van der Waals surface area contributed by atoms with Crippen molar-refractivity contribution in [3.8, 4) is 0 Å². The molecular weight excluding hydrogens is 242 g/mol. The van der Waals surface area contributed by atoms with Crippen LogP contribution < -0.4 is 5.32 Å². The number of benzene rings is 1. The minimum Gasteiger partial charge on any atom is -0.326 e. The Labute approximate surface area is 112 Å². The number of thioether (sulfide) groups is 1. The van der Waals surface area contributed by atoms with E-state index in [-0.39, 0.29) is 0 Å². The number of hydrogen-bond donors (Lipinski definition) is 1. The lowest BCUT2D eigenvalue weighted by atomic mass is 10.3. The van der Waals surface area contributed by atoms with E-state index in [4.69, 9.17) is 0 Å². The Kier molecular flexibility index (Phi) is 4.10. The normalized spacial score (nSPS) is 10.3. The molecule has 1 heterocycles. The van der Waals surface area contributed by atoms with Crippen LogP contribution in [0, 0.1) is 6.92 Å². The van der Waals surface area contributed by atoms with Crippen LogP contribution in [0.5, 0.6) is 0 Å². The van der Waals surface area contributed by atoms with Crippen LogP contribution in [0.15, 0.2) is 48.0 Å². The van der Waals surface area contributed by atoms with E-state index in [1.165, 1.54) is 4.90 Å². The van der Waals surface area contributed by atoms with Crippen LogP contribution in [0.4, 0.5) is 11.6 Å². The summed E-state index contributed by atoms with van der Waals surface area (Å²) in [7, 11) is 0. The van der Waals surface area contributed by atoms with Gasteiger partial charge >= 0.3 is 0 Å². The molecule has 0 aliphatic carbocycles. The summed E-state index contributed by atoms with van der Waals surface area (Å²) in [6, 6.07) is 8.32. The van der Waals surface area contributed by atoms with E-state index in [1.54, 1.807) is 11.8 Å². The summed E-state index contributed by atoms with van der Waals surface area (Å²) in [6.07, 6.45) is 5.95. The van der Waals surface area contributed by atoms with Crippen LogP contribution in [0.3, 0.4) is 0 Å². The number of allylic oxidation sites excluding steroid dienone is 1. The molecule has 3 nitrogen and oxygen atoms in total. The summed E-state index contributed by atoms with van der Waals surface area (Å²) in [5, 5.41) is 3.32. The van der Waals surface area contributed by atoms with Crippen LogP contribution >= 0.6 is 11.8 Å². The van der Waals surface area contributed by atoms with Crippen molar-refractivity contribution in [2.45, 2.75) is 18.4 Å². The van der Waals surface area contributed by atoms with Crippen LogP contribution in [0.2, 0.25) is 0 Å². The van der Waals surface area contributed by atoms with Crippen LogP contribution in [-0.4, -0.2) is 15.8 Å². The number of nitrogens with zero attached hydrogens (tertiary/aromatic N) is 2. The highest BCUT2D eigenvalue weighted by atomic mass is 32.2. The van der Waals surface area contributed by atoms with Gasteiger partial charge in [0, 0.05) is 23.3 Å². The molecule has 4 heteroatoms. The summed E-state index contributed by atoms with van der Waals surface area (Å²) < 4.78 is 2.05. The zero-order valence-electron chi connectivity index (χ0n) is 10.7. The van der Waals surface area contributed by atoms with Gasteiger partial charge in [-0.25, -0.2) is 4.98 Å². The topological polar surface area (TPSA) is 29.9 Å². The molecule has 1 N–H and O–H groups in total. The van der Waals surface area contributed by atoms with Crippen molar-refractivity contribution >= 4 is 23.4 Å². The Morgan fingerprint density at radius 3 is 2.72 bits per heavy atom. The largest absolute Gasteiger partial charge is 0.326 e. The fourth-order valence-electron chi connectivity index (χ4n) is 1.73. The van der Waals surface area contributed by atoms with Gasteiger partial charge < -0.3 is 9.88 Å². The van der Waals surface area contributed by atoms with Gasteiger partial charge in [-0.15, -0.1) is 18.3 Å². The number of hydrogen-bond acceptors (Lipinski definition) is 3. The Morgan fingerprint density at radius 2 is 2.11 bits per heavy atom. The van der Waals surface area contributed by atoms with Gasteiger partial charge in [0.05, 0.1) is 5.69 Å². The molecule has 0 saturated carbocycles. The SMILES string of the molecule is C=CCn1cc(C)nc1Nc1ccc(SC)cc1. The zero-order chi connectivity index (χ0) is 13.0. The van der Waals surface area contributed by atoms with Gasteiger partial charge in [-0.05, 0) is 37.4 Å². The van der Waals surface area contributed by atoms with Crippen molar-refractivity contribution in [1.29, 1.82) is 0 Å². The third kappa shape index (κ3) is 2.96. The van der Waals surface area contributed by atoms with Gasteiger partial charge in [0.25, 0.3) is 0 Å². The van der Waals surface area contributed by atoms with Crippen molar-refractivity contribution in [2.24, 2.45) is 0 Å². The number of anilines is 2. The fraction of sp³-hybridized carbons (Fsp3) is 0.214. The molecule has 0 bridgehead atoms. The second-order valence-corrected chi connectivity index (χ2v) is 4.88. The highest BCUT2D eigenvalue weighted by molar-refractivity contribution is 7.98. The maximum absolute atomic E-state index is 4.47. The summed E-state index contributed by atoms with van der Waals surface area (Å²) in [4.78, 5) is 5.72. The molecule has 2 aromatic rings. The van der Waals surface area contributed by atoms with Gasteiger partial charge in [-0.3, -0.25) is 0 Å². The highest BCUT2D eigenvalue weighted by Crippen LogP contribution is 2.20. The van der Waals surface area contributed by atoms with Gasteiger partial charge in [0.2, 0.25) is 5.95 Å². The maximum atomic E-state index is 4.47. The van der Waals surface area contributed by atoms with E-state index in [9.17, 15) is 0 Å². The second-order valence-electron chi connectivity index (χ2n) is 4.00. The summed E-state index contributed by atoms with van der Waals surface area (Å²) in [6.45, 7) is 6.50. The monoisotopic (exact) mass is 259 g/mol. The molecule has 0 amide bonds. The molecule has 0 fully saturated rings. The Bertz CT molecular complexity index is 528. The average molecular weight is 259 g/mol. The average Bonchev–Trinajstić information content (AvgIpc) is 2.71. The molecular formula is C14H17N3S. The van der Waals surface area contributed by atoms with Crippen LogP contribution in [0.25, 0.3) is 0 Å². The Balaban J connectivity index is 2.19. The minimum atomic E-state index is 0.756. The van der Waals surface area contributed by atoms with Crippen molar-refractivity contribution in [2.75, 3.05) is 11.6 Å². The lowest BCUT2D eigenvalue weighted by Gasteiger charge is -2.08. The van der Waals surface area contributed by atoms with Crippen molar-refractivity contribution < 1.29 is 0 Å². The van der Waals surface area contributed by atoms with Crippen molar-refractivity contribution in [3.05, 3.63) is 48.8 Å². The van der Waals surface area contributed by atoms with Crippen LogP contribution in [-0.2, 0) is 6.54 Å². The van der Waals surface area contributed by atoms with Crippen LogP contribution in [0.1, 0.15) is 5.69 Å². The third-order valence-corrected chi connectivity index (χ3v) is 3.31. The predicted octanol–water partition coefficient (Wildman–Crippen LogP) is 3.84. The molecule has 18 heavy (non-hydrogen) atoms.